The van der Waals surface area contributed by atoms with E-state index >= 15 is 0 Å². The van der Waals surface area contributed by atoms with Gasteiger partial charge in [-0.2, -0.15) is 0 Å². The second-order valence-corrected chi connectivity index (χ2v) is 9.03. The van der Waals surface area contributed by atoms with Gasteiger partial charge in [0.2, 0.25) is 6.29 Å². The summed E-state index contributed by atoms with van der Waals surface area (Å²) >= 11 is 0. The molecule has 32 heavy (non-hydrogen) atoms. The van der Waals surface area contributed by atoms with Crippen molar-refractivity contribution in [2.24, 2.45) is 5.41 Å². The maximum Gasteiger partial charge on any atom is 0.333 e. The highest BCUT2D eigenvalue weighted by Crippen LogP contribution is 2.27. The molecule has 0 aromatic rings. The number of ether oxygens (including phenoxy) is 1. The first kappa shape index (κ1) is 27.7. The smallest absolute Gasteiger partial charge is 0.333 e. The number of rotatable bonds is 15. The van der Waals surface area contributed by atoms with Crippen molar-refractivity contribution in [1.29, 1.82) is 0 Å². The number of aliphatic hydroxyl groups is 2. The third-order valence-corrected chi connectivity index (χ3v) is 5.69. The summed E-state index contributed by atoms with van der Waals surface area (Å²) in [5, 5.41) is 19.6. The van der Waals surface area contributed by atoms with Crippen LogP contribution in [-0.2, 0) is 23.9 Å². The molecule has 2 unspecified atom stereocenters. The third-order valence-electron chi connectivity index (χ3n) is 5.69. The van der Waals surface area contributed by atoms with Crippen LogP contribution in [0.4, 0.5) is 0 Å². The summed E-state index contributed by atoms with van der Waals surface area (Å²) in [6.07, 6.45) is 7.02. The van der Waals surface area contributed by atoms with Crippen LogP contribution in [-0.4, -0.2) is 46.4 Å². The number of cyclic esters (lactones) is 1. The molecular weight excluding hydrogens is 412 g/mol. The van der Waals surface area contributed by atoms with E-state index in [-0.39, 0.29) is 23.6 Å². The molecule has 0 saturated heterocycles. The second-order valence-electron chi connectivity index (χ2n) is 9.03. The minimum Gasteiger partial charge on any atom is -0.429 e. The van der Waals surface area contributed by atoms with Crippen molar-refractivity contribution in [2.45, 2.75) is 91.5 Å². The predicted octanol–water partition coefficient (Wildman–Crippen LogP) is 3.53. The van der Waals surface area contributed by atoms with Crippen LogP contribution in [0.5, 0.6) is 0 Å². The largest absolute Gasteiger partial charge is 0.429 e. The van der Waals surface area contributed by atoms with Crippen molar-refractivity contribution < 1.29 is 34.1 Å². The molecule has 1 aliphatic rings. The van der Waals surface area contributed by atoms with Gasteiger partial charge in [-0.05, 0) is 57.9 Å². The number of hydrogen-bond acceptors (Lipinski definition) is 7. The molecule has 7 heteroatoms. The molecule has 1 aliphatic heterocycles. The van der Waals surface area contributed by atoms with Crippen LogP contribution >= 0.6 is 0 Å². The van der Waals surface area contributed by atoms with Crippen LogP contribution in [0.2, 0.25) is 0 Å². The first-order valence-electron chi connectivity index (χ1n) is 11.1. The number of carbonyl (C=O) groups excluding carboxylic acids is 4. The molecule has 0 fully saturated rings. The quantitative estimate of drug-likeness (QED) is 0.170. The number of aldehydes is 1. The van der Waals surface area contributed by atoms with E-state index in [1.165, 1.54) is 0 Å². The van der Waals surface area contributed by atoms with E-state index < -0.39 is 23.8 Å². The molecule has 0 aromatic carbocycles. The fraction of sp³-hybridized carbons (Fsp3) is 0.600. The number of allylic oxidation sites excluding steroid dienone is 3. The summed E-state index contributed by atoms with van der Waals surface area (Å²) in [6.45, 7) is 7.36. The lowest BCUT2D eigenvalue weighted by Gasteiger charge is -2.23. The summed E-state index contributed by atoms with van der Waals surface area (Å²) in [6, 6.07) is 0. The Hall–Kier alpha value is -2.38. The number of Topliss-reactive ketones (excluding diaryl/α,β-unsaturated/α-hetero) is 2. The Labute approximate surface area is 190 Å². The van der Waals surface area contributed by atoms with Crippen molar-refractivity contribution in [2.75, 3.05) is 0 Å². The lowest BCUT2D eigenvalue weighted by Crippen LogP contribution is -2.24. The Morgan fingerprint density at radius 3 is 2.41 bits per heavy atom. The molecule has 0 saturated carbocycles. The Kier molecular flexibility index (Phi) is 11.4. The Balaban J connectivity index is 2.45. The second kappa shape index (κ2) is 13.2. The minimum absolute atomic E-state index is 0.0844. The Morgan fingerprint density at radius 2 is 1.84 bits per heavy atom. The van der Waals surface area contributed by atoms with Gasteiger partial charge in [0.25, 0.3) is 0 Å². The molecule has 2 atom stereocenters. The molecular formula is C25H36O7. The number of hydrogen-bond donors (Lipinski definition) is 2. The van der Waals surface area contributed by atoms with Crippen LogP contribution in [0.25, 0.3) is 0 Å². The minimum atomic E-state index is -1.45. The molecule has 0 aromatic heterocycles. The van der Waals surface area contributed by atoms with Crippen LogP contribution in [0.1, 0.15) is 79.1 Å². The SMILES string of the molecule is CC(=O)CCCC(C)(C)C(=O)CC/C(C)=C/CC/C(C=O)=C/CC(O)C1=CC(=O)OC1O. The number of ketones is 2. The molecule has 0 aliphatic carbocycles. The Bertz CT molecular complexity index is 786. The van der Waals surface area contributed by atoms with Gasteiger partial charge < -0.3 is 19.7 Å². The highest BCUT2D eigenvalue weighted by atomic mass is 16.6. The summed E-state index contributed by atoms with van der Waals surface area (Å²) in [5.41, 5.74) is 1.22. The zero-order chi connectivity index (χ0) is 24.3. The van der Waals surface area contributed by atoms with Gasteiger partial charge in [-0.15, -0.1) is 0 Å². The van der Waals surface area contributed by atoms with Crippen LogP contribution in [0.3, 0.4) is 0 Å². The highest BCUT2D eigenvalue weighted by molar-refractivity contribution is 5.86. The van der Waals surface area contributed by atoms with Crippen molar-refractivity contribution in [3.05, 3.63) is 34.9 Å². The topological polar surface area (TPSA) is 118 Å². The molecule has 0 spiro atoms. The molecule has 178 valence electrons. The van der Waals surface area contributed by atoms with Gasteiger partial charge in [0.05, 0.1) is 6.10 Å². The van der Waals surface area contributed by atoms with Gasteiger partial charge >= 0.3 is 5.97 Å². The average Bonchev–Trinajstić information content (AvgIpc) is 3.05. The fourth-order valence-corrected chi connectivity index (χ4v) is 3.44. The fourth-order valence-electron chi connectivity index (χ4n) is 3.44. The summed E-state index contributed by atoms with van der Waals surface area (Å²) < 4.78 is 4.54. The molecule has 1 rings (SSSR count). The normalized spacial score (nSPS) is 18.2. The van der Waals surface area contributed by atoms with E-state index in [1.54, 1.807) is 13.0 Å². The van der Waals surface area contributed by atoms with E-state index in [4.69, 9.17) is 0 Å². The molecule has 0 bridgehead atoms. The summed E-state index contributed by atoms with van der Waals surface area (Å²) in [5.74, 6) is -0.380. The molecule has 0 radical (unpaired) electrons. The number of aliphatic hydroxyl groups excluding tert-OH is 2. The monoisotopic (exact) mass is 448 g/mol. The maximum absolute atomic E-state index is 12.5. The van der Waals surface area contributed by atoms with E-state index in [9.17, 15) is 29.4 Å². The predicted molar refractivity (Wildman–Crippen MR) is 120 cm³/mol. The molecule has 1 heterocycles. The van der Waals surface area contributed by atoms with Gasteiger partial charge in [0.1, 0.15) is 17.9 Å². The van der Waals surface area contributed by atoms with E-state index in [1.807, 2.05) is 26.8 Å². The molecule has 0 amide bonds. The Morgan fingerprint density at radius 1 is 1.16 bits per heavy atom. The molecule has 2 N–H and O–H groups in total. The standard InChI is InChI=1S/C25H36O7/c1-17(10-13-22(29)25(3,4)14-6-8-18(2)27)7-5-9-19(16-26)11-12-21(28)20-15-23(30)32-24(20)31/h7,11,15-16,21,24,28,31H,5-6,8-10,12-14H2,1-4H3/b17-7+,19-11-. The highest BCUT2D eigenvalue weighted by Gasteiger charge is 2.28. The average molecular weight is 449 g/mol. The zero-order valence-corrected chi connectivity index (χ0v) is 19.6. The summed E-state index contributed by atoms with van der Waals surface area (Å²) in [7, 11) is 0. The summed E-state index contributed by atoms with van der Waals surface area (Å²) in [4.78, 5) is 46.0. The lowest BCUT2D eigenvalue weighted by atomic mass is 9.80. The first-order chi connectivity index (χ1) is 15.0. The maximum atomic E-state index is 12.5. The number of carbonyl (C=O) groups is 4. The molecule has 7 nitrogen and oxygen atoms in total. The van der Waals surface area contributed by atoms with Gasteiger partial charge in [0.15, 0.2) is 0 Å². The van der Waals surface area contributed by atoms with Crippen molar-refractivity contribution in [3.63, 3.8) is 0 Å². The van der Waals surface area contributed by atoms with Crippen LogP contribution in [0.15, 0.2) is 34.9 Å². The van der Waals surface area contributed by atoms with E-state index in [0.29, 0.717) is 44.1 Å². The van der Waals surface area contributed by atoms with Crippen molar-refractivity contribution in [3.8, 4) is 0 Å². The van der Waals surface area contributed by atoms with Gasteiger partial charge in [-0.3, -0.25) is 9.59 Å². The zero-order valence-electron chi connectivity index (χ0n) is 19.6. The van der Waals surface area contributed by atoms with E-state index in [2.05, 4.69) is 4.74 Å². The number of esters is 1. The van der Waals surface area contributed by atoms with Crippen molar-refractivity contribution in [1.82, 2.24) is 0 Å². The van der Waals surface area contributed by atoms with Gasteiger partial charge in [-0.25, -0.2) is 4.79 Å². The van der Waals surface area contributed by atoms with Crippen LogP contribution < -0.4 is 0 Å². The van der Waals surface area contributed by atoms with Crippen molar-refractivity contribution >= 4 is 23.8 Å². The van der Waals surface area contributed by atoms with Gasteiger partial charge in [0, 0.05) is 29.9 Å². The first-order valence-corrected chi connectivity index (χ1v) is 11.1. The lowest BCUT2D eigenvalue weighted by molar-refractivity contribution is -0.152. The van der Waals surface area contributed by atoms with Crippen LogP contribution in [0, 0.1) is 5.41 Å². The third kappa shape index (κ3) is 9.83. The van der Waals surface area contributed by atoms with Gasteiger partial charge in [-0.1, -0.05) is 31.6 Å². The van der Waals surface area contributed by atoms with E-state index in [0.717, 1.165) is 24.4 Å².